The first kappa shape index (κ1) is 14.4. The van der Waals surface area contributed by atoms with Crippen LogP contribution in [-0.2, 0) is 10.0 Å². The van der Waals surface area contributed by atoms with Crippen LogP contribution in [0.5, 0.6) is 11.5 Å². The van der Waals surface area contributed by atoms with Crippen molar-refractivity contribution in [1.82, 2.24) is 9.19 Å². The first-order chi connectivity index (χ1) is 9.59. The van der Waals surface area contributed by atoms with Gasteiger partial charge in [-0.15, -0.1) is 0 Å². The fourth-order valence-corrected chi connectivity index (χ4v) is 2.98. The van der Waals surface area contributed by atoms with Gasteiger partial charge in [-0.05, 0) is 32.0 Å². The van der Waals surface area contributed by atoms with Crippen LogP contribution in [0.3, 0.4) is 0 Å². The zero-order chi connectivity index (χ0) is 14.6. The normalized spacial score (nSPS) is 11.3. The van der Waals surface area contributed by atoms with Gasteiger partial charge in [0.15, 0.2) is 0 Å². The molecule has 20 heavy (non-hydrogen) atoms. The zero-order valence-electron chi connectivity index (χ0n) is 11.3. The summed E-state index contributed by atoms with van der Waals surface area (Å²) in [5.74, 6) is 0.758. The van der Waals surface area contributed by atoms with Gasteiger partial charge in [0.25, 0.3) is 10.0 Å². The summed E-state index contributed by atoms with van der Waals surface area (Å²) in [6.45, 7) is 4.45. The topological polar surface area (TPSA) is 70.4 Å². The predicted octanol–water partition coefficient (Wildman–Crippen LogP) is 1.92. The summed E-state index contributed by atoms with van der Waals surface area (Å²) in [4.78, 5) is 0.0361. The standard InChI is InChI=1S/C13H16N2O4S/c1-3-18-11-6-7-12(19-4-2)13(10-11)20(16,17)15-9-5-8-14-15/h5-10H,3-4H2,1-2H3. The summed E-state index contributed by atoms with van der Waals surface area (Å²) in [5.41, 5.74) is 0. The predicted molar refractivity (Wildman–Crippen MR) is 73.6 cm³/mol. The molecule has 0 bridgehead atoms. The molecule has 0 fully saturated rings. The van der Waals surface area contributed by atoms with E-state index in [0.717, 1.165) is 4.09 Å². The maximum absolute atomic E-state index is 12.5. The summed E-state index contributed by atoms with van der Waals surface area (Å²) in [6.07, 6.45) is 2.78. The van der Waals surface area contributed by atoms with Gasteiger partial charge in [0.2, 0.25) is 0 Å². The van der Waals surface area contributed by atoms with Crippen LogP contribution in [-0.4, -0.2) is 30.8 Å². The van der Waals surface area contributed by atoms with Crippen molar-refractivity contribution in [3.8, 4) is 11.5 Å². The maximum atomic E-state index is 12.5. The second kappa shape index (κ2) is 5.96. The van der Waals surface area contributed by atoms with Crippen LogP contribution in [0.2, 0.25) is 0 Å². The van der Waals surface area contributed by atoms with E-state index in [9.17, 15) is 8.42 Å². The molecule has 2 aromatic rings. The second-order valence-corrected chi connectivity index (χ2v) is 5.62. The molecule has 1 aromatic carbocycles. The van der Waals surface area contributed by atoms with Crippen molar-refractivity contribution in [2.75, 3.05) is 13.2 Å². The minimum absolute atomic E-state index is 0.0361. The number of nitrogens with zero attached hydrogens (tertiary/aromatic N) is 2. The summed E-state index contributed by atoms with van der Waals surface area (Å²) >= 11 is 0. The SMILES string of the molecule is CCOc1ccc(OCC)c(S(=O)(=O)n2cccn2)c1. The monoisotopic (exact) mass is 296 g/mol. The molecule has 0 aliphatic carbocycles. The highest BCUT2D eigenvalue weighted by molar-refractivity contribution is 7.90. The van der Waals surface area contributed by atoms with Gasteiger partial charge in [0.05, 0.1) is 19.4 Å². The van der Waals surface area contributed by atoms with Crippen LogP contribution in [0.4, 0.5) is 0 Å². The van der Waals surface area contributed by atoms with Crippen LogP contribution < -0.4 is 9.47 Å². The van der Waals surface area contributed by atoms with Crippen LogP contribution in [0, 0.1) is 0 Å². The largest absolute Gasteiger partial charge is 0.494 e. The number of hydrogen-bond acceptors (Lipinski definition) is 5. The summed E-state index contributed by atoms with van der Waals surface area (Å²) in [5, 5.41) is 3.77. The lowest BCUT2D eigenvalue weighted by atomic mass is 10.3. The molecule has 0 spiro atoms. The number of benzene rings is 1. The van der Waals surface area contributed by atoms with Gasteiger partial charge in [0, 0.05) is 12.3 Å². The van der Waals surface area contributed by atoms with E-state index in [1.807, 2.05) is 6.92 Å². The van der Waals surface area contributed by atoms with Crippen molar-refractivity contribution in [3.63, 3.8) is 0 Å². The molecule has 0 atom stereocenters. The summed E-state index contributed by atoms with van der Waals surface area (Å²) < 4.78 is 36.6. The highest BCUT2D eigenvalue weighted by atomic mass is 32.2. The van der Waals surface area contributed by atoms with E-state index < -0.39 is 10.0 Å². The van der Waals surface area contributed by atoms with E-state index >= 15 is 0 Å². The maximum Gasteiger partial charge on any atom is 0.286 e. The van der Waals surface area contributed by atoms with Crippen molar-refractivity contribution < 1.29 is 17.9 Å². The molecule has 1 aromatic heterocycles. The van der Waals surface area contributed by atoms with Gasteiger partial charge < -0.3 is 9.47 Å². The molecule has 0 saturated carbocycles. The fraction of sp³-hybridized carbons (Fsp3) is 0.308. The quantitative estimate of drug-likeness (QED) is 0.814. The van der Waals surface area contributed by atoms with E-state index in [0.29, 0.717) is 19.0 Å². The minimum atomic E-state index is -3.79. The Morgan fingerprint density at radius 1 is 1.20 bits per heavy atom. The molecule has 0 aliphatic heterocycles. The number of rotatable bonds is 6. The van der Waals surface area contributed by atoms with Gasteiger partial charge in [-0.1, -0.05) is 0 Å². The lowest BCUT2D eigenvalue weighted by Crippen LogP contribution is -2.15. The van der Waals surface area contributed by atoms with Crippen LogP contribution in [0.1, 0.15) is 13.8 Å². The molecule has 108 valence electrons. The third-order valence-electron chi connectivity index (χ3n) is 2.53. The fourth-order valence-electron chi connectivity index (χ4n) is 1.72. The number of ether oxygens (including phenoxy) is 2. The minimum Gasteiger partial charge on any atom is -0.494 e. The third kappa shape index (κ3) is 2.77. The van der Waals surface area contributed by atoms with Crippen molar-refractivity contribution in [3.05, 3.63) is 36.7 Å². The molecule has 0 radical (unpaired) electrons. The molecule has 1 heterocycles. The lowest BCUT2D eigenvalue weighted by Gasteiger charge is -2.12. The van der Waals surface area contributed by atoms with Gasteiger partial charge in [0.1, 0.15) is 16.4 Å². The molecule has 0 N–H and O–H groups in total. The van der Waals surface area contributed by atoms with Crippen LogP contribution in [0.25, 0.3) is 0 Å². The number of aromatic nitrogens is 2. The molecule has 0 aliphatic rings. The first-order valence-corrected chi connectivity index (χ1v) is 7.68. The molecular formula is C13H16N2O4S. The van der Waals surface area contributed by atoms with Gasteiger partial charge in [-0.2, -0.15) is 17.6 Å². The second-order valence-electron chi connectivity index (χ2n) is 3.86. The van der Waals surface area contributed by atoms with E-state index in [-0.39, 0.29) is 10.6 Å². The van der Waals surface area contributed by atoms with Crippen molar-refractivity contribution in [2.24, 2.45) is 0 Å². The highest BCUT2D eigenvalue weighted by Crippen LogP contribution is 2.29. The molecule has 0 unspecified atom stereocenters. The van der Waals surface area contributed by atoms with Gasteiger partial charge >= 0.3 is 0 Å². The van der Waals surface area contributed by atoms with Crippen molar-refractivity contribution in [1.29, 1.82) is 0 Å². The number of hydrogen-bond donors (Lipinski definition) is 0. The van der Waals surface area contributed by atoms with E-state index in [4.69, 9.17) is 9.47 Å². The Kier molecular flexibility index (Phi) is 4.29. The Balaban J connectivity index is 2.55. The molecule has 6 nitrogen and oxygen atoms in total. The highest BCUT2D eigenvalue weighted by Gasteiger charge is 2.23. The Morgan fingerprint density at radius 3 is 2.55 bits per heavy atom. The van der Waals surface area contributed by atoms with Crippen molar-refractivity contribution in [2.45, 2.75) is 18.7 Å². The van der Waals surface area contributed by atoms with Gasteiger partial charge in [-0.3, -0.25) is 0 Å². The lowest BCUT2D eigenvalue weighted by molar-refractivity contribution is 0.322. The molecular weight excluding hydrogens is 280 g/mol. The zero-order valence-corrected chi connectivity index (χ0v) is 12.1. The Morgan fingerprint density at radius 2 is 1.95 bits per heavy atom. The average Bonchev–Trinajstić information content (AvgIpc) is 2.95. The summed E-state index contributed by atoms with van der Waals surface area (Å²) in [7, 11) is -3.79. The average molecular weight is 296 g/mol. The first-order valence-electron chi connectivity index (χ1n) is 6.24. The molecule has 7 heteroatoms. The third-order valence-corrected chi connectivity index (χ3v) is 4.11. The Bertz CT molecular complexity index is 666. The van der Waals surface area contributed by atoms with Crippen LogP contribution >= 0.6 is 0 Å². The van der Waals surface area contributed by atoms with Gasteiger partial charge in [-0.25, -0.2) is 0 Å². The van der Waals surface area contributed by atoms with E-state index in [1.54, 1.807) is 25.1 Å². The molecule has 0 saturated heterocycles. The van der Waals surface area contributed by atoms with E-state index in [1.165, 1.54) is 18.5 Å². The Labute approximate surface area is 118 Å². The Hall–Kier alpha value is -2.02. The molecule has 2 rings (SSSR count). The van der Waals surface area contributed by atoms with Crippen LogP contribution in [0.15, 0.2) is 41.6 Å². The summed E-state index contributed by atoms with van der Waals surface area (Å²) in [6, 6.07) is 6.26. The van der Waals surface area contributed by atoms with E-state index in [2.05, 4.69) is 5.10 Å². The smallest absolute Gasteiger partial charge is 0.286 e. The molecule has 0 amide bonds. The van der Waals surface area contributed by atoms with Crippen molar-refractivity contribution >= 4 is 10.0 Å².